The molecule has 7 nitrogen and oxygen atoms in total. The normalized spacial score (nSPS) is 28.0. The van der Waals surface area contributed by atoms with Gasteiger partial charge in [-0.25, -0.2) is 0 Å². The van der Waals surface area contributed by atoms with Crippen molar-refractivity contribution in [3.05, 3.63) is 0 Å². The predicted octanol–water partition coefficient (Wildman–Crippen LogP) is -1.02. The van der Waals surface area contributed by atoms with Crippen molar-refractivity contribution in [2.75, 3.05) is 52.9 Å². The average molecular weight is 308 g/mol. The van der Waals surface area contributed by atoms with E-state index >= 15 is 0 Å². The largest absolute Gasteiger partial charge is 0.339 e. The first-order chi connectivity index (χ1) is 10.6. The minimum absolute atomic E-state index is 0.109. The van der Waals surface area contributed by atoms with Crippen molar-refractivity contribution in [3.63, 3.8) is 0 Å². The number of carbonyl (C=O) groups is 3. The van der Waals surface area contributed by atoms with Crippen LogP contribution in [-0.4, -0.2) is 96.2 Å². The van der Waals surface area contributed by atoms with Gasteiger partial charge in [0.05, 0.1) is 19.0 Å². The zero-order chi connectivity index (χ0) is 15.7. The molecule has 3 fully saturated rings. The first-order valence-electron chi connectivity index (χ1n) is 8.11. The lowest BCUT2D eigenvalue weighted by Gasteiger charge is -2.37. The molecule has 0 unspecified atom stereocenters. The maximum atomic E-state index is 12.3. The van der Waals surface area contributed by atoms with Crippen molar-refractivity contribution in [2.45, 2.75) is 25.3 Å². The van der Waals surface area contributed by atoms with Gasteiger partial charge in [0.2, 0.25) is 17.7 Å². The molecule has 3 heterocycles. The van der Waals surface area contributed by atoms with Gasteiger partial charge in [-0.3, -0.25) is 29.1 Å². The molecule has 22 heavy (non-hydrogen) atoms. The molecule has 3 amide bonds. The number of rotatable bonds is 3. The van der Waals surface area contributed by atoms with Crippen molar-refractivity contribution < 1.29 is 14.4 Å². The van der Waals surface area contributed by atoms with Crippen molar-refractivity contribution in [1.29, 1.82) is 0 Å². The number of likely N-dealkylation sites (tertiary alicyclic amines) is 2. The van der Waals surface area contributed by atoms with Gasteiger partial charge >= 0.3 is 0 Å². The van der Waals surface area contributed by atoms with Crippen LogP contribution in [0.5, 0.6) is 0 Å². The maximum absolute atomic E-state index is 12.3. The van der Waals surface area contributed by atoms with Crippen LogP contribution in [0.15, 0.2) is 0 Å². The van der Waals surface area contributed by atoms with Gasteiger partial charge in [0, 0.05) is 33.2 Å². The Morgan fingerprint density at radius 1 is 1.05 bits per heavy atom. The number of likely N-dealkylation sites (N-methyl/N-ethyl adjacent to an activating group) is 1. The summed E-state index contributed by atoms with van der Waals surface area (Å²) in [5.74, 6) is -0.0307. The van der Waals surface area contributed by atoms with E-state index in [1.165, 1.54) is 17.7 Å². The molecule has 3 saturated heterocycles. The van der Waals surface area contributed by atoms with E-state index in [-0.39, 0.29) is 30.2 Å². The second-order valence-corrected chi connectivity index (χ2v) is 6.41. The highest BCUT2D eigenvalue weighted by atomic mass is 16.2. The van der Waals surface area contributed by atoms with E-state index < -0.39 is 0 Å². The topological polar surface area (TPSA) is 64.2 Å². The quantitative estimate of drug-likeness (QED) is 0.625. The van der Waals surface area contributed by atoms with Crippen LogP contribution in [0.3, 0.4) is 0 Å². The Hall–Kier alpha value is -1.47. The Kier molecular flexibility index (Phi) is 4.44. The highest BCUT2D eigenvalue weighted by Gasteiger charge is 2.40. The fourth-order valence-electron chi connectivity index (χ4n) is 3.54. The molecular formula is C15H24N4O3. The molecule has 1 atom stereocenters. The van der Waals surface area contributed by atoms with Gasteiger partial charge in [0.1, 0.15) is 0 Å². The molecule has 0 N–H and O–H groups in total. The number of hydrogen-bond donors (Lipinski definition) is 0. The first-order valence-corrected chi connectivity index (χ1v) is 8.11. The summed E-state index contributed by atoms with van der Waals surface area (Å²) in [5.41, 5.74) is 0. The molecule has 122 valence electrons. The number of imide groups is 1. The minimum Gasteiger partial charge on any atom is -0.339 e. The summed E-state index contributed by atoms with van der Waals surface area (Å²) in [5, 5.41) is 0. The van der Waals surface area contributed by atoms with Gasteiger partial charge in [-0.05, 0) is 25.9 Å². The molecule has 3 aliphatic rings. The summed E-state index contributed by atoms with van der Waals surface area (Å²) >= 11 is 0. The van der Waals surface area contributed by atoms with Gasteiger partial charge in [-0.2, -0.15) is 0 Å². The van der Waals surface area contributed by atoms with Gasteiger partial charge < -0.3 is 4.90 Å². The van der Waals surface area contributed by atoms with Crippen molar-refractivity contribution >= 4 is 17.7 Å². The molecule has 0 bridgehead atoms. The lowest BCUT2D eigenvalue weighted by atomic mass is 10.1. The summed E-state index contributed by atoms with van der Waals surface area (Å²) in [6, 6.07) is -0.326. The summed E-state index contributed by atoms with van der Waals surface area (Å²) in [6.07, 6.45) is 2.65. The molecule has 0 spiro atoms. The van der Waals surface area contributed by atoms with Crippen LogP contribution in [0.1, 0.15) is 19.3 Å². The lowest BCUT2D eigenvalue weighted by Crippen LogP contribution is -2.54. The summed E-state index contributed by atoms with van der Waals surface area (Å²) in [6.45, 7) is 5.20. The van der Waals surface area contributed by atoms with Crippen LogP contribution in [0, 0.1) is 0 Å². The van der Waals surface area contributed by atoms with Crippen LogP contribution < -0.4 is 0 Å². The van der Waals surface area contributed by atoms with Crippen LogP contribution in [-0.2, 0) is 14.4 Å². The average Bonchev–Trinajstić information content (AvgIpc) is 3.12. The van der Waals surface area contributed by atoms with Gasteiger partial charge in [0.25, 0.3) is 0 Å². The summed E-state index contributed by atoms with van der Waals surface area (Å²) < 4.78 is 0. The highest BCUT2D eigenvalue weighted by Crippen LogP contribution is 2.19. The van der Waals surface area contributed by atoms with E-state index in [2.05, 4.69) is 4.90 Å². The van der Waals surface area contributed by atoms with Gasteiger partial charge in [0.15, 0.2) is 0 Å². The van der Waals surface area contributed by atoms with E-state index in [1.54, 1.807) is 7.05 Å². The maximum Gasteiger partial charge on any atom is 0.246 e. The Morgan fingerprint density at radius 3 is 2.23 bits per heavy atom. The molecule has 0 saturated carbocycles. The van der Waals surface area contributed by atoms with E-state index in [0.717, 1.165) is 13.1 Å². The zero-order valence-corrected chi connectivity index (χ0v) is 13.2. The Balaban J connectivity index is 1.49. The number of carbonyl (C=O) groups excluding carboxylic acids is 3. The van der Waals surface area contributed by atoms with Crippen molar-refractivity contribution in [1.82, 2.24) is 19.6 Å². The van der Waals surface area contributed by atoms with Crippen molar-refractivity contribution in [3.8, 4) is 0 Å². The molecule has 3 rings (SSSR count). The van der Waals surface area contributed by atoms with Crippen molar-refractivity contribution in [2.24, 2.45) is 0 Å². The Bertz CT molecular complexity index is 467. The molecule has 3 aliphatic heterocycles. The number of piperazine rings is 1. The molecule has 0 aromatic heterocycles. The zero-order valence-electron chi connectivity index (χ0n) is 13.2. The Labute approximate surface area is 130 Å². The molecule has 0 aromatic rings. The second-order valence-electron chi connectivity index (χ2n) is 6.41. The van der Waals surface area contributed by atoms with E-state index in [9.17, 15) is 14.4 Å². The smallest absolute Gasteiger partial charge is 0.246 e. The second kappa shape index (κ2) is 6.34. The fourth-order valence-corrected chi connectivity index (χ4v) is 3.54. The van der Waals surface area contributed by atoms with Gasteiger partial charge in [-0.1, -0.05) is 0 Å². The molecule has 7 heteroatoms. The molecule has 0 aliphatic carbocycles. The Morgan fingerprint density at radius 2 is 1.68 bits per heavy atom. The third kappa shape index (κ3) is 3.01. The minimum atomic E-state index is -0.326. The van der Waals surface area contributed by atoms with Crippen LogP contribution in [0.2, 0.25) is 0 Å². The predicted molar refractivity (Wildman–Crippen MR) is 80.0 cm³/mol. The van der Waals surface area contributed by atoms with E-state index in [1.807, 2.05) is 9.80 Å². The summed E-state index contributed by atoms with van der Waals surface area (Å²) in [7, 11) is 1.54. The number of hydrogen-bond acceptors (Lipinski definition) is 5. The molecule has 0 radical (unpaired) electrons. The van der Waals surface area contributed by atoms with E-state index in [0.29, 0.717) is 32.7 Å². The SMILES string of the molecule is CN1C(=O)C[C@H](N2CCN(C(=O)CN3CCCC3)CC2)C1=O. The monoisotopic (exact) mass is 308 g/mol. The van der Waals surface area contributed by atoms with Gasteiger partial charge in [-0.15, -0.1) is 0 Å². The van der Waals surface area contributed by atoms with Crippen LogP contribution in [0.4, 0.5) is 0 Å². The third-order valence-electron chi connectivity index (χ3n) is 5.02. The molecular weight excluding hydrogens is 284 g/mol. The number of amides is 3. The first kappa shape index (κ1) is 15.4. The standard InChI is InChI=1S/C15H24N4O3/c1-16-13(20)10-12(15(16)22)18-6-8-19(9-7-18)14(21)11-17-4-2-3-5-17/h12H,2-11H2,1H3/t12-/m0/s1. The summed E-state index contributed by atoms with van der Waals surface area (Å²) in [4.78, 5) is 43.3. The van der Waals surface area contributed by atoms with E-state index in [4.69, 9.17) is 0 Å². The van der Waals surface area contributed by atoms with Crippen LogP contribution >= 0.6 is 0 Å². The highest BCUT2D eigenvalue weighted by molar-refractivity contribution is 6.05. The van der Waals surface area contributed by atoms with Crippen LogP contribution in [0.25, 0.3) is 0 Å². The lowest BCUT2D eigenvalue weighted by molar-refractivity contribution is -0.138. The number of nitrogens with zero attached hydrogens (tertiary/aromatic N) is 4. The molecule has 0 aromatic carbocycles. The third-order valence-corrected chi connectivity index (χ3v) is 5.02. The fraction of sp³-hybridized carbons (Fsp3) is 0.800.